The Kier molecular flexibility index (Phi) is 18.2. The van der Waals surface area contributed by atoms with Crippen molar-refractivity contribution in [2.45, 2.75) is 176 Å². The van der Waals surface area contributed by atoms with Crippen LogP contribution in [0.3, 0.4) is 0 Å². The standard InChI is InChI=1S/C16H29NO10.C16H28O11/c1-3-6-9(19)11(21)13(23)15(25-6)27-16-14(24)12(22)10(20)7(26-16)5-17-8(18)4-2;1-3-6-9(18)11(20)13(22)15(25-6)27-16-14(23)12(21)10(19)7(26-16)5-24-8(17)4-2/h6-7,9-16,19-24H,3-5H2,1-2H3,(H,17,18);6-7,9-16,18-23H,3-5H2,1-2H3/t2*6?,7?,9-,10-,11?,12+,13-,14?,15-,16-/m11/s1. The molecule has 13 N–H and O–H groups in total. The maximum atomic E-state index is 11.4. The Morgan fingerprint density at radius 2 is 0.796 bits per heavy atom. The van der Waals surface area contributed by atoms with Crippen molar-refractivity contribution < 1.29 is 104 Å². The molecule has 0 aromatic carbocycles. The molecule has 22 heteroatoms. The van der Waals surface area contributed by atoms with Gasteiger partial charge in [0.15, 0.2) is 25.2 Å². The lowest BCUT2D eigenvalue weighted by Crippen LogP contribution is -2.64. The first-order chi connectivity index (χ1) is 25.4. The molecule has 22 nitrogen and oxygen atoms in total. The third kappa shape index (κ3) is 11.2. The van der Waals surface area contributed by atoms with Crippen molar-refractivity contribution in [3.8, 4) is 0 Å². The van der Waals surface area contributed by atoms with Gasteiger partial charge in [0.05, 0.1) is 12.2 Å². The second kappa shape index (κ2) is 21.1. The minimum atomic E-state index is -1.70. The Morgan fingerprint density at radius 3 is 1.15 bits per heavy atom. The summed E-state index contributed by atoms with van der Waals surface area (Å²) in [7, 11) is 0. The van der Waals surface area contributed by atoms with E-state index in [1.54, 1.807) is 27.7 Å². The van der Waals surface area contributed by atoms with E-state index in [0.717, 1.165) is 0 Å². The number of aliphatic hydroxyl groups is 12. The predicted octanol–water partition coefficient (Wildman–Crippen LogP) is -6.46. The third-order valence-electron chi connectivity index (χ3n) is 9.53. The zero-order chi connectivity index (χ0) is 40.6. The maximum absolute atomic E-state index is 11.4. The molecule has 4 fully saturated rings. The van der Waals surface area contributed by atoms with Gasteiger partial charge in [0.25, 0.3) is 0 Å². The van der Waals surface area contributed by atoms with E-state index in [-0.39, 0.29) is 31.9 Å². The highest BCUT2D eigenvalue weighted by atomic mass is 16.8. The summed E-state index contributed by atoms with van der Waals surface area (Å²) in [5.74, 6) is -0.837. The number of aliphatic hydroxyl groups excluding tert-OH is 12. The van der Waals surface area contributed by atoms with Crippen LogP contribution in [-0.4, -0.2) is 209 Å². The van der Waals surface area contributed by atoms with Gasteiger partial charge in [-0.1, -0.05) is 27.7 Å². The van der Waals surface area contributed by atoms with Crippen LogP contribution in [0, 0.1) is 0 Å². The predicted molar refractivity (Wildman–Crippen MR) is 174 cm³/mol. The average Bonchev–Trinajstić information content (AvgIpc) is 3.17. The number of rotatable bonds is 12. The lowest BCUT2D eigenvalue weighted by molar-refractivity contribution is -0.375. The summed E-state index contributed by atoms with van der Waals surface area (Å²) in [5, 5.41) is 122. The van der Waals surface area contributed by atoms with E-state index < -0.39 is 129 Å². The molecule has 4 heterocycles. The van der Waals surface area contributed by atoms with E-state index in [1.165, 1.54) is 0 Å². The van der Waals surface area contributed by atoms with Crippen LogP contribution in [0.15, 0.2) is 0 Å². The van der Waals surface area contributed by atoms with Gasteiger partial charge in [-0.3, -0.25) is 9.59 Å². The molecule has 0 aliphatic carbocycles. The second-order valence-corrected chi connectivity index (χ2v) is 13.3. The number of amides is 1. The fourth-order valence-corrected chi connectivity index (χ4v) is 5.98. The van der Waals surface area contributed by atoms with Crippen LogP contribution < -0.4 is 5.32 Å². The van der Waals surface area contributed by atoms with Crippen LogP contribution in [0.25, 0.3) is 0 Å². The molecule has 54 heavy (non-hydrogen) atoms. The van der Waals surface area contributed by atoms with Crippen molar-refractivity contribution in [2.24, 2.45) is 0 Å². The molecule has 0 saturated carbocycles. The highest BCUT2D eigenvalue weighted by Gasteiger charge is 2.51. The van der Waals surface area contributed by atoms with E-state index >= 15 is 0 Å². The fraction of sp³-hybridized carbons (Fsp3) is 0.938. The first-order valence-corrected chi connectivity index (χ1v) is 17.9. The van der Waals surface area contributed by atoms with E-state index in [4.69, 9.17) is 33.2 Å². The summed E-state index contributed by atoms with van der Waals surface area (Å²) in [5.41, 5.74) is 0. The Labute approximate surface area is 310 Å². The smallest absolute Gasteiger partial charge is 0.305 e. The summed E-state index contributed by atoms with van der Waals surface area (Å²) in [6.45, 7) is 6.10. The van der Waals surface area contributed by atoms with Crippen molar-refractivity contribution in [1.29, 1.82) is 0 Å². The lowest BCUT2D eigenvalue weighted by atomic mass is 9.97. The molecule has 0 radical (unpaired) electrons. The van der Waals surface area contributed by atoms with Crippen LogP contribution in [0.4, 0.5) is 0 Å². The molecule has 4 aliphatic rings. The summed E-state index contributed by atoms with van der Waals surface area (Å²) >= 11 is 0. The van der Waals surface area contributed by atoms with E-state index in [2.05, 4.69) is 5.32 Å². The molecule has 4 aliphatic heterocycles. The topological polar surface area (TPSA) is 354 Å². The van der Waals surface area contributed by atoms with E-state index in [1.807, 2.05) is 0 Å². The summed E-state index contributed by atoms with van der Waals surface area (Å²) in [6, 6.07) is 0. The summed E-state index contributed by atoms with van der Waals surface area (Å²) in [4.78, 5) is 22.7. The number of esters is 1. The molecule has 316 valence electrons. The quantitative estimate of drug-likeness (QED) is 0.0817. The van der Waals surface area contributed by atoms with Crippen molar-refractivity contribution in [1.82, 2.24) is 5.32 Å². The van der Waals surface area contributed by atoms with Crippen LogP contribution in [0.2, 0.25) is 0 Å². The normalized spacial score (nSPS) is 45.5. The minimum absolute atomic E-state index is 0.106. The van der Waals surface area contributed by atoms with Gasteiger partial charge in [0.2, 0.25) is 5.91 Å². The van der Waals surface area contributed by atoms with E-state index in [9.17, 15) is 70.9 Å². The molecular formula is C32H57NO21. The molecule has 0 aromatic rings. The van der Waals surface area contributed by atoms with Crippen LogP contribution >= 0.6 is 0 Å². The van der Waals surface area contributed by atoms with Gasteiger partial charge >= 0.3 is 5.97 Å². The van der Waals surface area contributed by atoms with Crippen LogP contribution in [0.5, 0.6) is 0 Å². The lowest BCUT2D eigenvalue weighted by Gasteiger charge is -2.45. The number of carbonyl (C=O) groups excluding carboxylic acids is 2. The summed E-state index contributed by atoms with van der Waals surface area (Å²) < 4.78 is 37.2. The molecule has 4 rings (SSSR count). The molecule has 0 bridgehead atoms. The Balaban J connectivity index is 0.000000290. The summed E-state index contributed by atoms with van der Waals surface area (Å²) in [6.07, 6.45) is -27.6. The monoisotopic (exact) mass is 791 g/mol. The molecule has 0 aromatic heterocycles. The SMILES string of the molecule is CCC(=O)NCC1O[C@H](O[C@H]2OC(CC)[C@@H](O)C(O)[C@H]2O)C(O)[C@@H](O)[C@@H]1O.CCC(=O)OCC1O[C@H](O[C@H]2OC(CC)[C@@H](O)C(O)[C@H]2O)C(O)[C@@H](O)[C@@H]1O. The van der Waals surface area contributed by atoms with Gasteiger partial charge < -0.3 is 99.8 Å². The van der Waals surface area contributed by atoms with Gasteiger partial charge in [0.1, 0.15) is 92.1 Å². The van der Waals surface area contributed by atoms with Gasteiger partial charge in [-0.2, -0.15) is 0 Å². The zero-order valence-electron chi connectivity index (χ0n) is 30.3. The molecule has 1 amide bonds. The van der Waals surface area contributed by atoms with Gasteiger partial charge in [-0.05, 0) is 12.8 Å². The number of hydrogen-bond acceptors (Lipinski definition) is 21. The molecule has 4 saturated heterocycles. The second-order valence-electron chi connectivity index (χ2n) is 13.3. The Bertz CT molecular complexity index is 1070. The van der Waals surface area contributed by atoms with Crippen molar-refractivity contribution >= 4 is 11.9 Å². The third-order valence-corrected chi connectivity index (χ3v) is 9.53. The largest absolute Gasteiger partial charge is 0.463 e. The Hall–Kier alpha value is -1.78. The van der Waals surface area contributed by atoms with Crippen LogP contribution in [-0.2, 0) is 42.7 Å². The number of hydrogen-bond donors (Lipinski definition) is 13. The minimum Gasteiger partial charge on any atom is -0.463 e. The van der Waals surface area contributed by atoms with Crippen molar-refractivity contribution in [3.63, 3.8) is 0 Å². The van der Waals surface area contributed by atoms with E-state index in [0.29, 0.717) is 12.8 Å². The van der Waals surface area contributed by atoms with Gasteiger partial charge in [-0.25, -0.2) is 0 Å². The van der Waals surface area contributed by atoms with Gasteiger partial charge in [0, 0.05) is 19.4 Å². The van der Waals surface area contributed by atoms with Crippen LogP contribution in [0.1, 0.15) is 53.4 Å². The molecule has 8 unspecified atom stereocenters. The van der Waals surface area contributed by atoms with Gasteiger partial charge in [-0.15, -0.1) is 0 Å². The highest BCUT2D eigenvalue weighted by molar-refractivity contribution is 5.75. The number of carbonyl (C=O) groups is 2. The molecule has 20 atom stereocenters. The maximum Gasteiger partial charge on any atom is 0.305 e. The molecular weight excluding hydrogens is 734 g/mol. The number of nitrogens with one attached hydrogen (secondary N) is 1. The Morgan fingerprint density at radius 1 is 0.463 bits per heavy atom. The first-order valence-electron chi connectivity index (χ1n) is 17.9. The first kappa shape index (κ1) is 46.6. The number of ether oxygens (including phenoxy) is 7. The van der Waals surface area contributed by atoms with Crippen molar-refractivity contribution in [3.05, 3.63) is 0 Å². The molecule has 0 spiro atoms. The van der Waals surface area contributed by atoms with Crippen molar-refractivity contribution in [2.75, 3.05) is 13.2 Å². The fourth-order valence-electron chi connectivity index (χ4n) is 5.98. The highest BCUT2D eigenvalue weighted by Crippen LogP contribution is 2.30. The average molecular weight is 792 g/mol. The zero-order valence-corrected chi connectivity index (χ0v) is 30.3.